The number of ether oxygens (including phenoxy) is 1. The van der Waals surface area contributed by atoms with Crippen molar-refractivity contribution in [2.45, 2.75) is 83.2 Å². The van der Waals surface area contributed by atoms with Crippen LogP contribution in [-0.2, 0) is 9.53 Å². The molecule has 1 spiro atoms. The minimum Gasteiger partial charge on any atom is -0.469 e. The minimum atomic E-state index is -0.452. The molecule has 0 aromatic heterocycles. The quantitative estimate of drug-likeness (QED) is 0.356. The fraction of sp³-hybridized carbons (Fsp3) is 0.667. The normalized spacial score (nSPS) is 25.0. The van der Waals surface area contributed by atoms with Crippen LogP contribution >= 0.6 is 23.2 Å². The predicted molar refractivity (Wildman–Crippen MR) is 136 cm³/mol. The summed E-state index contributed by atoms with van der Waals surface area (Å²) in [4.78, 5) is 24.4. The third kappa shape index (κ3) is 7.21. The first-order chi connectivity index (χ1) is 16.3. The molecule has 0 bridgehead atoms. The fourth-order valence-electron chi connectivity index (χ4n) is 5.15. The van der Waals surface area contributed by atoms with Crippen molar-refractivity contribution in [1.29, 1.82) is 0 Å². The van der Waals surface area contributed by atoms with E-state index >= 15 is 0 Å². The smallest absolute Gasteiger partial charge is 0.321 e. The van der Waals surface area contributed by atoms with Gasteiger partial charge in [0.15, 0.2) is 0 Å². The average molecular weight is 514 g/mol. The number of methoxy groups -OCH3 is 1. The molecule has 1 saturated heterocycles. The summed E-state index contributed by atoms with van der Waals surface area (Å²) in [5, 5.41) is 17.2. The van der Waals surface area contributed by atoms with Gasteiger partial charge in [-0.15, -0.1) is 0 Å². The van der Waals surface area contributed by atoms with Gasteiger partial charge in [0.25, 0.3) is 0 Å². The number of benzene rings is 1. The molecule has 2 amide bonds. The van der Waals surface area contributed by atoms with Gasteiger partial charge in [-0.2, -0.15) is 0 Å². The Morgan fingerprint density at radius 2 is 1.74 bits per heavy atom. The van der Waals surface area contributed by atoms with Crippen molar-refractivity contribution in [3.05, 3.63) is 28.2 Å². The summed E-state index contributed by atoms with van der Waals surface area (Å²) < 4.78 is 4.80. The Morgan fingerprint density at radius 3 is 2.38 bits per heavy atom. The first-order valence-corrected chi connectivity index (χ1v) is 12.9. The van der Waals surface area contributed by atoms with E-state index in [0.29, 0.717) is 28.7 Å². The maximum absolute atomic E-state index is 12.7. The number of anilines is 1. The molecule has 1 aromatic carbocycles. The maximum Gasteiger partial charge on any atom is 0.321 e. The first-order valence-electron chi connectivity index (χ1n) is 12.2. The second-order valence-corrected chi connectivity index (χ2v) is 10.1. The van der Waals surface area contributed by atoms with E-state index in [4.69, 9.17) is 27.9 Å². The highest BCUT2D eigenvalue weighted by molar-refractivity contribution is 6.42. The van der Waals surface area contributed by atoms with E-state index in [2.05, 4.69) is 33.5 Å². The molecule has 1 aliphatic carbocycles. The summed E-state index contributed by atoms with van der Waals surface area (Å²) in [7, 11) is 1.40. The van der Waals surface area contributed by atoms with Gasteiger partial charge in [-0.3, -0.25) is 15.4 Å². The number of nitrogens with one attached hydrogen (secondary N) is 5. The Morgan fingerprint density at radius 1 is 1.06 bits per heavy atom. The van der Waals surface area contributed by atoms with Crippen LogP contribution in [0.15, 0.2) is 18.2 Å². The minimum absolute atomic E-state index is 0.0289. The van der Waals surface area contributed by atoms with Crippen molar-refractivity contribution in [3.63, 3.8) is 0 Å². The second kappa shape index (κ2) is 12.9. The zero-order valence-electron chi connectivity index (χ0n) is 20.0. The predicted octanol–water partition coefficient (Wildman–Crippen LogP) is 4.58. The molecule has 34 heavy (non-hydrogen) atoms. The molecule has 1 saturated carbocycles. The molecule has 3 rings (SSSR count). The molecule has 10 heteroatoms. The first kappa shape index (κ1) is 27.0. The van der Waals surface area contributed by atoms with E-state index < -0.39 is 6.29 Å². The Hall–Kier alpha value is -1.58. The molecule has 5 N–H and O–H groups in total. The van der Waals surface area contributed by atoms with Gasteiger partial charge in [0.1, 0.15) is 6.29 Å². The van der Waals surface area contributed by atoms with E-state index in [1.807, 2.05) is 0 Å². The number of halogens is 2. The Kier molecular flexibility index (Phi) is 10.3. The van der Waals surface area contributed by atoms with Crippen LogP contribution in [0.1, 0.15) is 64.7 Å². The molecule has 0 radical (unpaired) electrons. The maximum atomic E-state index is 12.7. The molecule has 8 nitrogen and oxygen atoms in total. The highest BCUT2D eigenvalue weighted by Gasteiger charge is 2.47. The van der Waals surface area contributed by atoms with Crippen LogP contribution in [0.25, 0.3) is 0 Å². The van der Waals surface area contributed by atoms with Crippen LogP contribution in [0, 0.1) is 5.41 Å². The van der Waals surface area contributed by atoms with Crippen molar-refractivity contribution >= 4 is 40.9 Å². The summed E-state index contributed by atoms with van der Waals surface area (Å²) in [5.74, 6) is -0.242. The zero-order chi connectivity index (χ0) is 24.6. The molecule has 3 atom stereocenters. The lowest BCUT2D eigenvalue weighted by Gasteiger charge is -2.53. The highest BCUT2D eigenvalue weighted by atomic mass is 35.5. The van der Waals surface area contributed by atoms with E-state index in [1.54, 1.807) is 18.2 Å². The Labute approximate surface area is 212 Å². The number of carbonyl (C=O) groups excluding carboxylic acids is 2. The molecule has 190 valence electrons. The van der Waals surface area contributed by atoms with E-state index in [-0.39, 0.29) is 29.6 Å². The van der Waals surface area contributed by atoms with Gasteiger partial charge in [-0.25, -0.2) is 4.79 Å². The van der Waals surface area contributed by atoms with Crippen LogP contribution in [0.3, 0.4) is 0 Å². The largest absolute Gasteiger partial charge is 0.469 e. The van der Waals surface area contributed by atoms with Gasteiger partial charge >= 0.3 is 12.0 Å². The summed E-state index contributed by atoms with van der Waals surface area (Å²) in [6.45, 7) is 2.69. The monoisotopic (exact) mass is 513 g/mol. The van der Waals surface area contributed by atoms with Crippen LogP contribution < -0.4 is 26.6 Å². The number of hydrogen-bond donors (Lipinski definition) is 5. The van der Waals surface area contributed by atoms with E-state index in [9.17, 15) is 9.59 Å². The van der Waals surface area contributed by atoms with Crippen molar-refractivity contribution in [3.8, 4) is 0 Å². The molecule has 3 unspecified atom stereocenters. The van der Waals surface area contributed by atoms with Crippen LogP contribution in [0.5, 0.6) is 0 Å². The summed E-state index contributed by atoms with van der Waals surface area (Å²) in [6.07, 6.45) is 9.29. The van der Waals surface area contributed by atoms with Crippen LogP contribution in [-0.4, -0.2) is 44.2 Å². The highest BCUT2D eigenvalue weighted by Crippen LogP contribution is 2.41. The van der Waals surface area contributed by atoms with Crippen molar-refractivity contribution in [1.82, 2.24) is 21.3 Å². The molecular weight excluding hydrogens is 477 g/mol. The third-order valence-corrected chi connectivity index (χ3v) is 7.82. The van der Waals surface area contributed by atoms with Gasteiger partial charge < -0.3 is 20.7 Å². The number of carbonyl (C=O) groups is 2. The van der Waals surface area contributed by atoms with Gasteiger partial charge in [0, 0.05) is 23.7 Å². The molecule has 2 fully saturated rings. The molecular formula is C24H37Cl2N5O3. The fourth-order valence-corrected chi connectivity index (χ4v) is 5.45. The summed E-state index contributed by atoms with van der Waals surface area (Å²) >= 11 is 12.0. The Bertz CT molecular complexity index is 831. The van der Waals surface area contributed by atoms with Gasteiger partial charge in [-0.1, -0.05) is 61.7 Å². The van der Waals surface area contributed by atoms with E-state index in [1.165, 1.54) is 45.6 Å². The summed E-state index contributed by atoms with van der Waals surface area (Å²) in [5.41, 5.74) is 0.523. The summed E-state index contributed by atoms with van der Waals surface area (Å²) in [6, 6.07) is 4.73. The molecule has 1 aromatic rings. The van der Waals surface area contributed by atoms with Crippen molar-refractivity contribution in [2.24, 2.45) is 5.41 Å². The van der Waals surface area contributed by atoms with E-state index in [0.717, 1.165) is 12.8 Å². The lowest BCUT2D eigenvalue weighted by atomic mass is 9.69. The van der Waals surface area contributed by atoms with Gasteiger partial charge in [0.2, 0.25) is 0 Å². The number of esters is 1. The van der Waals surface area contributed by atoms with Crippen LogP contribution in [0.2, 0.25) is 10.0 Å². The molecule has 2 aliphatic rings. The molecule has 1 aliphatic heterocycles. The van der Waals surface area contributed by atoms with Gasteiger partial charge in [-0.05, 0) is 38.0 Å². The second-order valence-electron chi connectivity index (χ2n) is 9.28. The number of rotatable bonds is 6. The zero-order valence-corrected chi connectivity index (χ0v) is 21.5. The lowest BCUT2D eigenvalue weighted by molar-refractivity contribution is -0.140. The molecule has 1 heterocycles. The number of amides is 2. The lowest BCUT2D eigenvalue weighted by Crippen LogP contribution is -2.75. The average Bonchev–Trinajstić information content (AvgIpc) is 2.92. The van der Waals surface area contributed by atoms with Gasteiger partial charge in [0.05, 0.1) is 29.7 Å². The number of hydrogen-bond acceptors (Lipinski definition) is 6. The topological polar surface area (TPSA) is 104 Å². The van der Waals surface area contributed by atoms with Crippen molar-refractivity contribution < 1.29 is 14.3 Å². The third-order valence-electron chi connectivity index (χ3n) is 7.08. The SMILES string of the molecule is COC(=O)CCNC1NC(NC(=O)Nc2ccc(Cl)c(Cl)c2)NC(C)C12CCCCCCCC2. The number of urea groups is 1. The van der Waals surface area contributed by atoms with Crippen LogP contribution in [0.4, 0.5) is 10.5 Å². The van der Waals surface area contributed by atoms with Crippen molar-refractivity contribution in [2.75, 3.05) is 19.0 Å². The standard InChI is InChI=1S/C24H37Cl2N5O3/c1-16-24(12-7-5-3-4-6-8-13-24)21(27-14-11-20(32)34-2)30-22(28-16)31-23(33)29-17-9-10-18(25)19(26)15-17/h9-10,15-16,21-22,27-28,30H,3-8,11-14H2,1-2H3,(H2,29,31,33). The Balaban J connectivity index is 1.69.